The predicted octanol–water partition coefficient (Wildman–Crippen LogP) is 0.311. The minimum atomic E-state index is -1.09. The SMILES string of the molecule is CCC1(C(=O)O)CCCN1C(=O)c1cn(CCN)cn1. The average molecular weight is 280 g/mol. The Balaban J connectivity index is 2.24. The van der Waals surface area contributed by atoms with Crippen LogP contribution in [0.4, 0.5) is 0 Å². The second kappa shape index (κ2) is 5.62. The molecule has 1 amide bonds. The highest BCUT2D eigenvalue weighted by Gasteiger charge is 2.49. The summed E-state index contributed by atoms with van der Waals surface area (Å²) in [5, 5.41) is 9.48. The lowest BCUT2D eigenvalue weighted by atomic mass is 9.93. The Labute approximate surface area is 117 Å². The van der Waals surface area contributed by atoms with Gasteiger partial charge in [-0.05, 0) is 19.3 Å². The molecule has 3 N–H and O–H groups in total. The molecule has 7 heteroatoms. The van der Waals surface area contributed by atoms with E-state index in [1.807, 2.05) is 0 Å². The van der Waals surface area contributed by atoms with Crippen molar-refractivity contribution in [3.63, 3.8) is 0 Å². The number of nitrogens with zero attached hydrogens (tertiary/aromatic N) is 3. The summed E-state index contributed by atoms with van der Waals surface area (Å²) in [5.41, 5.74) is 4.64. The van der Waals surface area contributed by atoms with E-state index >= 15 is 0 Å². The number of nitrogens with two attached hydrogens (primary N) is 1. The lowest BCUT2D eigenvalue weighted by molar-refractivity contribution is -0.148. The second-order valence-corrected chi connectivity index (χ2v) is 5.04. The fourth-order valence-electron chi connectivity index (χ4n) is 2.80. The molecular weight excluding hydrogens is 260 g/mol. The summed E-state index contributed by atoms with van der Waals surface area (Å²) in [6.45, 7) is 3.30. The summed E-state index contributed by atoms with van der Waals surface area (Å²) < 4.78 is 1.73. The number of likely N-dealkylation sites (tertiary alicyclic amines) is 1. The number of carboxylic acid groups (broad SMARTS) is 1. The van der Waals surface area contributed by atoms with Gasteiger partial charge in [-0.2, -0.15) is 0 Å². The fourth-order valence-corrected chi connectivity index (χ4v) is 2.80. The smallest absolute Gasteiger partial charge is 0.329 e. The molecule has 0 saturated carbocycles. The van der Waals surface area contributed by atoms with Gasteiger partial charge in [0.1, 0.15) is 11.2 Å². The molecule has 110 valence electrons. The number of hydrogen-bond acceptors (Lipinski definition) is 4. The summed E-state index contributed by atoms with van der Waals surface area (Å²) in [5.74, 6) is -1.25. The maximum atomic E-state index is 12.5. The topological polar surface area (TPSA) is 101 Å². The van der Waals surface area contributed by atoms with Crippen LogP contribution in [0.25, 0.3) is 0 Å². The monoisotopic (exact) mass is 280 g/mol. The summed E-state index contributed by atoms with van der Waals surface area (Å²) in [4.78, 5) is 29.6. The van der Waals surface area contributed by atoms with Crippen molar-refractivity contribution in [2.45, 2.75) is 38.3 Å². The molecule has 1 unspecified atom stereocenters. The first kappa shape index (κ1) is 14.5. The molecule has 0 spiro atoms. The van der Waals surface area contributed by atoms with Gasteiger partial charge in [0.25, 0.3) is 5.91 Å². The lowest BCUT2D eigenvalue weighted by Crippen LogP contribution is -2.52. The van der Waals surface area contributed by atoms with Crippen LogP contribution < -0.4 is 5.73 Å². The highest BCUT2D eigenvalue weighted by Crippen LogP contribution is 2.33. The Morgan fingerprint density at radius 3 is 2.90 bits per heavy atom. The van der Waals surface area contributed by atoms with Gasteiger partial charge in [0.2, 0.25) is 0 Å². The highest BCUT2D eigenvalue weighted by atomic mass is 16.4. The van der Waals surface area contributed by atoms with Crippen LogP contribution in [0.2, 0.25) is 0 Å². The van der Waals surface area contributed by atoms with Crippen LogP contribution in [0.3, 0.4) is 0 Å². The third-order valence-corrected chi connectivity index (χ3v) is 3.96. The maximum Gasteiger partial charge on any atom is 0.329 e. The van der Waals surface area contributed by atoms with Crippen LogP contribution in [0.15, 0.2) is 12.5 Å². The van der Waals surface area contributed by atoms with Crippen LogP contribution >= 0.6 is 0 Å². The number of hydrogen-bond donors (Lipinski definition) is 2. The molecule has 1 fully saturated rings. The number of carbonyl (C=O) groups is 2. The summed E-state index contributed by atoms with van der Waals surface area (Å²) in [7, 11) is 0. The van der Waals surface area contributed by atoms with E-state index in [1.54, 1.807) is 24.0 Å². The summed E-state index contributed by atoms with van der Waals surface area (Å²) >= 11 is 0. The molecule has 1 aromatic rings. The average Bonchev–Trinajstić information content (AvgIpc) is 3.05. The van der Waals surface area contributed by atoms with Crippen molar-refractivity contribution in [1.82, 2.24) is 14.5 Å². The van der Waals surface area contributed by atoms with Crippen LogP contribution in [0.5, 0.6) is 0 Å². The number of carbonyl (C=O) groups excluding carboxylic acids is 1. The van der Waals surface area contributed by atoms with Crippen molar-refractivity contribution in [3.8, 4) is 0 Å². The van der Waals surface area contributed by atoms with Gasteiger partial charge in [-0.1, -0.05) is 6.92 Å². The first-order valence-electron chi connectivity index (χ1n) is 6.82. The lowest BCUT2D eigenvalue weighted by Gasteiger charge is -2.33. The number of aliphatic carboxylic acids is 1. The number of amides is 1. The Morgan fingerprint density at radius 1 is 1.55 bits per heavy atom. The third kappa shape index (κ3) is 2.29. The van der Waals surface area contributed by atoms with E-state index in [2.05, 4.69) is 4.98 Å². The zero-order chi connectivity index (χ0) is 14.8. The quantitative estimate of drug-likeness (QED) is 0.808. The fraction of sp³-hybridized carbons (Fsp3) is 0.615. The highest BCUT2D eigenvalue weighted by molar-refractivity contribution is 5.96. The minimum Gasteiger partial charge on any atom is -0.479 e. The molecule has 2 heterocycles. The van der Waals surface area contributed by atoms with Gasteiger partial charge < -0.3 is 20.3 Å². The first-order valence-corrected chi connectivity index (χ1v) is 6.82. The van der Waals surface area contributed by atoms with Gasteiger partial charge in [-0.25, -0.2) is 9.78 Å². The van der Waals surface area contributed by atoms with E-state index in [9.17, 15) is 14.7 Å². The molecule has 1 aromatic heterocycles. The number of aromatic nitrogens is 2. The molecular formula is C13H20N4O3. The van der Waals surface area contributed by atoms with Crippen LogP contribution in [0, 0.1) is 0 Å². The Bertz CT molecular complexity index is 513. The Kier molecular flexibility index (Phi) is 4.08. The van der Waals surface area contributed by atoms with Crippen LogP contribution in [-0.4, -0.2) is 50.1 Å². The van der Waals surface area contributed by atoms with Crippen molar-refractivity contribution in [2.75, 3.05) is 13.1 Å². The van der Waals surface area contributed by atoms with Crippen molar-refractivity contribution in [1.29, 1.82) is 0 Å². The molecule has 0 aromatic carbocycles. The molecule has 1 aliphatic heterocycles. The second-order valence-electron chi connectivity index (χ2n) is 5.04. The van der Waals surface area contributed by atoms with Gasteiger partial charge >= 0.3 is 5.97 Å². The molecule has 0 bridgehead atoms. The minimum absolute atomic E-state index is 0.277. The molecule has 20 heavy (non-hydrogen) atoms. The zero-order valence-corrected chi connectivity index (χ0v) is 11.6. The van der Waals surface area contributed by atoms with Crippen molar-refractivity contribution in [2.24, 2.45) is 5.73 Å². The van der Waals surface area contributed by atoms with Gasteiger partial charge in [0, 0.05) is 25.8 Å². The molecule has 1 atom stereocenters. The van der Waals surface area contributed by atoms with Crippen LogP contribution in [-0.2, 0) is 11.3 Å². The number of carboxylic acids is 1. The number of imidazole rings is 1. The van der Waals surface area contributed by atoms with Crippen molar-refractivity contribution in [3.05, 3.63) is 18.2 Å². The van der Waals surface area contributed by atoms with Gasteiger partial charge in [-0.15, -0.1) is 0 Å². The maximum absolute atomic E-state index is 12.5. The zero-order valence-electron chi connectivity index (χ0n) is 11.6. The van der Waals surface area contributed by atoms with Crippen molar-refractivity contribution < 1.29 is 14.7 Å². The molecule has 1 aliphatic rings. The Hall–Kier alpha value is -1.89. The van der Waals surface area contributed by atoms with Crippen LogP contribution in [0.1, 0.15) is 36.7 Å². The van der Waals surface area contributed by atoms with Gasteiger partial charge in [-0.3, -0.25) is 4.79 Å². The number of rotatable bonds is 5. The van der Waals surface area contributed by atoms with Gasteiger partial charge in [0.05, 0.1) is 6.33 Å². The van der Waals surface area contributed by atoms with E-state index in [1.165, 1.54) is 4.90 Å². The van der Waals surface area contributed by atoms with E-state index in [0.29, 0.717) is 38.9 Å². The van der Waals surface area contributed by atoms with Crippen molar-refractivity contribution >= 4 is 11.9 Å². The third-order valence-electron chi connectivity index (χ3n) is 3.96. The van der Waals surface area contributed by atoms with E-state index in [-0.39, 0.29) is 11.6 Å². The Morgan fingerprint density at radius 2 is 2.30 bits per heavy atom. The normalized spacial score (nSPS) is 22.2. The predicted molar refractivity (Wildman–Crippen MR) is 72.2 cm³/mol. The van der Waals surface area contributed by atoms with Gasteiger partial charge in [0.15, 0.2) is 0 Å². The standard InChI is InChI=1S/C13H20N4O3/c1-2-13(12(19)20)4-3-6-17(13)11(18)10-8-16(7-5-14)9-15-10/h8-9H,2-7,14H2,1H3,(H,19,20). The van der Waals surface area contributed by atoms with E-state index in [4.69, 9.17) is 5.73 Å². The molecule has 1 saturated heterocycles. The molecule has 2 rings (SSSR count). The molecule has 0 radical (unpaired) electrons. The summed E-state index contributed by atoms with van der Waals surface area (Å²) in [6, 6.07) is 0. The first-order chi connectivity index (χ1) is 9.55. The molecule has 7 nitrogen and oxygen atoms in total. The summed E-state index contributed by atoms with van der Waals surface area (Å²) in [6.07, 6.45) is 4.77. The van der Waals surface area contributed by atoms with E-state index < -0.39 is 11.5 Å². The largest absolute Gasteiger partial charge is 0.479 e. The molecule has 0 aliphatic carbocycles. The van der Waals surface area contributed by atoms with E-state index in [0.717, 1.165) is 0 Å².